The molecule has 0 aromatic heterocycles. The van der Waals surface area contributed by atoms with Crippen molar-refractivity contribution in [3.8, 4) is 0 Å². The van der Waals surface area contributed by atoms with Crippen LogP contribution in [0.2, 0.25) is 0 Å². The molecule has 2 saturated heterocycles. The highest BCUT2D eigenvalue weighted by atomic mass is 16.2. The second-order valence-corrected chi connectivity index (χ2v) is 6.71. The molecule has 1 amide bonds. The van der Waals surface area contributed by atoms with Crippen molar-refractivity contribution in [2.45, 2.75) is 43.8 Å². The molecule has 0 spiro atoms. The van der Waals surface area contributed by atoms with Gasteiger partial charge >= 0.3 is 0 Å². The summed E-state index contributed by atoms with van der Waals surface area (Å²) in [6.07, 6.45) is 4.70. The Morgan fingerprint density at radius 3 is 2.50 bits per heavy atom. The standard InChI is InChI=1S/C19H22N2O/c1-21(16-11-14-9-10-15(12-16)20-14)19(22)18-8-4-6-13-5-2-3-7-17(13)18/h2-8,14-16,20H,9-12H2,1H3. The Balaban J connectivity index is 1.62. The predicted octanol–water partition coefficient (Wildman–Crippen LogP) is 3.19. The van der Waals surface area contributed by atoms with E-state index in [9.17, 15) is 4.79 Å². The number of amides is 1. The van der Waals surface area contributed by atoms with Gasteiger partial charge in [0.15, 0.2) is 0 Å². The minimum absolute atomic E-state index is 0.156. The Morgan fingerprint density at radius 1 is 1.05 bits per heavy atom. The van der Waals surface area contributed by atoms with Crippen LogP contribution in [0.5, 0.6) is 0 Å². The Labute approximate surface area is 131 Å². The first-order valence-electron chi connectivity index (χ1n) is 8.23. The third-order valence-corrected chi connectivity index (χ3v) is 5.34. The maximum atomic E-state index is 13.0. The molecule has 114 valence electrons. The van der Waals surface area contributed by atoms with Crippen LogP contribution in [0.25, 0.3) is 10.8 Å². The van der Waals surface area contributed by atoms with Crippen molar-refractivity contribution in [3.05, 3.63) is 48.0 Å². The lowest BCUT2D eigenvalue weighted by atomic mass is 9.97. The third kappa shape index (κ3) is 2.30. The minimum atomic E-state index is 0.156. The molecule has 2 bridgehead atoms. The SMILES string of the molecule is CN(C(=O)c1cccc2ccccc12)C1CC2CCC(C1)N2. The number of rotatable bonds is 2. The van der Waals surface area contributed by atoms with Gasteiger partial charge in [-0.2, -0.15) is 0 Å². The highest BCUT2D eigenvalue weighted by molar-refractivity contribution is 6.07. The van der Waals surface area contributed by atoms with E-state index in [1.807, 2.05) is 42.3 Å². The van der Waals surface area contributed by atoms with E-state index in [2.05, 4.69) is 17.4 Å². The summed E-state index contributed by atoms with van der Waals surface area (Å²) >= 11 is 0. The maximum absolute atomic E-state index is 13.0. The van der Waals surface area contributed by atoms with E-state index in [1.54, 1.807) is 0 Å². The lowest BCUT2D eigenvalue weighted by Gasteiger charge is -2.35. The molecule has 2 fully saturated rings. The lowest BCUT2D eigenvalue weighted by molar-refractivity contribution is 0.0683. The fraction of sp³-hybridized carbons (Fsp3) is 0.421. The number of hydrogen-bond acceptors (Lipinski definition) is 2. The van der Waals surface area contributed by atoms with Crippen LogP contribution in [0, 0.1) is 0 Å². The lowest BCUT2D eigenvalue weighted by Crippen LogP contribution is -2.48. The van der Waals surface area contributed by atoms with Gasteiger partial charge in [-0.1, -0.05) is 36.4 Å². The van der Waals surface area contributed by atoms with Crippen LogP contribution in [-0.2, 0) is 0 Å². The fourth-order valence-electron chi connectivity index (χ4n) is 4.11. The van der Waals surface area contributed by atoms with E-state index in [1.165, 1.54) is 12.8 Å². The van der Waals surface area contributed by atoms with Gasteiger partial charge in [0.05, 0.1) is 0 Å². The van der Waals surface area contributed by atoms with Crippen molar-refractivity contribution in [1.29, 1.82) is 0 Å². The van der Waals surface area contributed by atoms with E-state index in [0.717, 1.165) is 29.2 Å². The molecule has 4 rings (SSSR count). The molecule has 2 unspecified atom stereocenters. The number of hydrogen-bond donors (Lipinski definition) is 1. The molecule has 1 N–H and O–H groups in total. The average molecular weight is 294 g/mol. The van der Waals surface area contributed by atoms with Crippen molar-refractivity contribution in [2.75, 3.05) is 7.05 Å². The number of piperidine rings is 1. The number of fused-ring (bicyclic) bond motifs is 3. The summed E-state index contributed by atoms with van der Waals surface area (Å²) in [7, 11) is 1.97. The quantitative estimate of drug-likeness (QED) is 0.922. The Kier molecular flexibility index (Phi) is 3.38. The first-order chi connectivity index (χ1) is 10.7. The first kappa shape index (κ1) is 13.8. The van der Waals surface area contributed by atoms with Crippen LogP contribution in [0.3, 0.4) is 0 Å². The van der Waals surface area contributed by atoms with Gasteiger partial charge in [-0.25, -0.2) is 0 Å². The molecule has 2 aliphatic heterocycles. The van der Waals surface area contributed by atoms with Gasteiger partial charge in [-0.15, -0.1) is 0 Å². The molecular formula is C19H22N2O. The summed E-state index contributed by atoms with van der Waals surface area (Å²) in [6, 6.07) is 15.7. The van der Waals surface area contributed by atoms with E-state index >= 15 is 0 Å². The molecule has 2 atom stereocenters. The van der Waals surface area contributed by atoms with Crippen LogP contribution in [0.15, 0.2) is 42.5 Å². The molecule has 22 heavy (non-hydrogen) atoms. The van der Waals surface area contributed by atoms with Crippen molar-refractivity contribution in [1.82, 2.24) is 10.2 Å². The molecule has 0 radical (unpaired) electrons. The molecular weight excluding hydrogens is 272 g/mol. The van der Waals surface area contributed by atoms with Gasteiger partial charge in [0.25, 0.3) is 5.91 Å². The van der Waals surface area contributed by atoms with Crippen LogP contribution < -0.4 is 5.32 Å². The summed E-state index contributed by atoms with van der Waals surface area (Å²) in [5, 5.41) is 5.83. The Hall–Kier alpha value is -1.87. The first-order valence-corrected chi connectivity index (χ1v) is 8.23. The number of nitrogens with one attached hydrogen (secondary N) is 1. The number of benzene rings is 2. The summed E-state index contributed by atoms with van der Waals surface area (Å²) in [5.74, 6) is 0.156. The summed E-state index contributed by atoms with van der Waals surface area (Å²) in [4.78, 5) is 15.0. The van der Waals surface area contributed by atoms with Crippen molar-refractivity contribution in [2.24, 2.45) is 0 Å². The van der Waals surface area contributed by atoms with Gasteiger partial charge in [0.1, 0.15) is 0 Å². The van der Waals surface area contributed by atoms with Crippen molar-refractivity contribution < 1.29 is 4.79 Å². The van der Waals surface area contributed by atoms with Crippen LogP contribution in [-0.4, -0.2) is 36.0 Å². The molecule has 2 aromatic carbocycles. The van der Waals surface area contributed by atoms with Crippen LogP contribution in [0.1, 0.15) is 36.0 Å². The molecule has 2 aliphatic rings. The third-order valence-electron chi connectivity index (χ3n) is 5.34. The van der Waals surface area contributed by atoms with Crippen molar-refractivity contribution in [3.63, 3.8) is 0 Å². The monoisotopic (exact) mass is 294 g/mol. The van der Waals surface area contributed by atoms with E-state index in [-0.39, 0.29) is 5.91 Å². The zero-order valence-electron chi connectivity index (χ0n) is 13.0. The van der Waals surface area contributed by atoms with Gasteiger partial charge in [-0.3, -0.25) is 4.79 Å². The Bertz CT molecular complexity index is 694. The smallest absolute Gasteiger partial charge is 0.254 e. The van der Waals surface area contributed by atoms with Crippen LogP contribution in [0.4, 0.5) is 0 Å². The molecule has 0 aliphatic carbocycles. The van der Waals surface area contributed by atoms with Crippen LogP contribution >= 0.6 is 0 Å². The normalized spacial score (nSPS) is 27.0. The molecule has 3 nitrogen and oxygen atoms in total. The number of carbonyl (C=O) groups is 1. The molecule has 0 saturated carbocycles. The van der Waals surface area contributed by atoms with Gasteiger partial charge in [-0.05, 0) is 42.5 Å². The second kappa shape index (κ2) is 5.40. The number of nitrogens with zero attached hydrogens (tertiary/aromatic N) is 1. The highest BCUT2D eigenvalue weighted by Crippen LogP contribution is 2.30. The zero-order chi connectivity index (χ0) is 15.1. The molecule has 2 heterocycles. The van der Waals surface area contributed by atoms with E-state index in [4.69, 9.17) is 0 Å². The highest BCUT2D eigenvalue weighted by Gasteiger charge is 2.36. The van der Waals surface area contributed by atoms with Gasteiger partial charge in [0, 0.05) is 30.7 Å². The summed E-state index contributed by atoms with van der Waals surface area (Å²) in [6.45, 7) is 0. The predicted molar refractivity (Wildman–Crippen MR) is 89.0 cm³/mol. The Morgan fingerprint density at radius 2 is 1.73 bits per heavy atom. The minimum Gasteiger partial charge on any atom is -0.339 e. The largest absolute Gasteiger partial charge is 0.339 e. The topological polar surface area (TPSA) is 32.3 Å². The zero-order valence-corrected chi connectivity index (χ0v) is 13.0. The molecule has 2 aromatic rings. The number of carbonyl (C=O) groups excluding carboxylic acids is 1. The summed E-state index contributed by atoms with van der Waals surface area (Å²) < 4.78 is 0. The van der Waals surface area contributed by atoms with E-state index < -0.39 is 0 Å². The van der Waals surface area contributed by atoms with Crippen molar-refractivity contribution >= 4 is 16.7 Å². The molecule has 3 heteroatoms. The summed E-state index contributed by atoms with van der Waals surface area (Å²) in [5.41, 5.74) is 0.825. The maximum Gasteiger partial charge on any atom is 0.254 e. The van der Waals surface area contributed by atoms with E-state index in [0.29, 0.717) is 18.1 Å². The van der Waals surface area contributed by atoms with Gasteiger partial charge in [0.2, 0.25) is 0 Å². The second-order valence-electron chi connectivity index (χ2n) is 6.71. The fourth-order valence-corrected chi connectivity index (χ4v) is 4.11. The van der Waals surface area contributed by atoms with Gasteiger partial charge < -0.3 is 10.2 Å². The average Bonchev–Trinajstić information content (AvgIpc) is 2.91.